The minimum absolute atomic E-state index is 0.263. The van der Waals surface area contributed by atoms with Crippen LogP contribution in [0, 0.1) is 5.41 Å². The molecule has 0 atom stereocenters. The summed E-state index contributed by atoms with van der Waals surface area (Å²) in [7, 11) is 0. The Labute approximate surface area is 115 Å². The Balaban J connectivity index is 1.98. The summed E-state index contributed by atoms with van der Waals surface area (Å²) in [6, 6.07) is 3.61. The normalized spacial score (nSPS) is 19.1. The van der Waals surface area contributed by atoms with Crippen molar-refractivity contribution >= 4 is 5.69 Å². The third-order valence-electron chi connectivity index (χ3n) is 3.72. The van der Waals surface area contributed by atoms with Crippen molar-refractivity contribution in [3.05, 3.63) is 12.1 Å². The van der Waals surface area contributed by atoms with Gasteiger partial charge in [-0.05, 0) is 44.1 Å². The van der Waals surface area contributed by atoms with E-state index in [0.717, 1.165) is 12.8 Å². The molecular formula is C15H24N2O2. The fraction of sp³-hybridized carbons (Fsp3) is 0.667. The number of pyridine rings is 1. The highest BCUT2D eigenvalue weighted by atomic mass is 16.5. The van der Waals surface area contributed by atoms with E-state index in [9.17, 15) is 0 Å². The highest BCUT2D eigenvalue weighted by molar-refractivity contribution is 5.49. The molecule has 1 heterocycles. The van der Waals surface area contributed by atoms with Crippen molar-refractivity contribution in [3.8, 4) is 11.8 Å². The second kappa shape index (κ2) is 5.68. The Morgan fingerprint density at radius 3 is 2.63 bits per heavy atom. The Kier molecular flexibility index (Phi) is 4.17. The molecule has 0 saturated heterocycles. The van der Waals surface area contributed by atoms with Crippen molar-refractivity contribution in [3.63, 3.8) is 0 Å². The van der Waals surface area contributed by atoms with Crippen LogP contribution in [0.5, 0.6) is 11.8 Å². The van der Waals surface area contributed by atoms with Crippen molar-refractivity contribution in [2.75, 3.05) is 12.3 Å². The summed E-state index contributed by atoms with van der Waals surface area (Å²) in [5, 5.41) is 0. The number of ether oxygens (including phenoxy) is 2. The third kappa shape index (κ3) is 3.75. The van der Waals surface area contributed by atoms with Crippen molar-refractivity contribution < 1.29 is 9.47 Å². The quantitative estimate of drug-likeness (QED) is 0.905. The van der Waals surface area contributed by atoms with Gasteiger partial charge in [-0.1, -0.05) is 13.8 Å². The summed E-state index contributed by atoms with van der Waals surface area (Å²) in [6.45, 7) is 7.10. The highest BCUT2D eigenvalue weighted by Gasteiger charge is 2.28. The molecule has 0 amide bonds. The van der Waals surface area contributed by atoms with E-state index in [1.165, 1.54) is 12.8 Å². The second-order valence-corrected chi connectivity index (χ2v) is 5.96. The summed E-state index contributed by atoms with van der Waals surface area (Å²) in [5.74, 6) is 1.08. The fourth-order valence-electron chi connectivity index (χ4n) is 2.41. The molecule has 1 aromatic rings. The minimum atomic E-state index is 0.263. The molecular weight excluding hydrogens is 240 g/mol. The molecule has 1 saturated carbocycles. The van der Waals surface area contributed by atoms with E-state index in [0.29, 0.717) is 29.5 Å². The van der Waals surface area contributed by atoms with E-state index in [-0.39, 0.29) is 6.10 Å². The monoisotopic (exact) mass is 264 g/mol. The van der Waals surface area contributed by atoms with Gasteiger partial charge in [0.1, 0.15) is 6.10 Å². The SMILES string of the molecule is CCOc1nc(OC2CCC(C)(C)CC2)ccc1N. The van der Waals surface area contributed by atoms with Crippen LogP contribution in [-0.2, 0) is 0 Å². The van der Waals surface area contributed by atoms with Crippen molar-refractivity contribution in [1.29, 1.82) is 0 Å². The van der Waals surface area contributed by atoms with Gasteiger partial charge in [0.2, 0.25) is 11.8 Å². The van der Waals surface area contributed by atoms with E-state index >= 15 is 0 Å². The maximum atomic E-state index is 5.94. The zero-order valence-electron chi connectivity index (χ0n) is 12.1. The van der Waals surface area contributed by atoms with Crippen LogP contribution in [-0.4, -0.2) is 17.7 Å². The lowest BCUT2D eigenvalue weighted by Crippen LogP contribution is -2.28. The Hall–Kier alpha value is -1.45. The second-order valence-electron chi connectivity index (χ2n) is 5.96. The molecule has 0 spiro atoms. The number of rotatable bonds is 4. The number of nitrogen functional groups attached to an aromatic ring is 1. The van der Waals surface area contributed by atoms with Gasteiger partial charge in [-0.2, -0.15) is 4.98 Å². The van der Waals surface area contributed by atoms with Crippen LogP contribution in [0.1, 0.15) is 46.5 Å². The molecule has 0 unspecified atom stereocenters. The lowest BCUT2D eigenvalue weighted by molar-refractivity contribution is 0.0942. The summed E-state index contributed by atoms with van der Waals surface area (Å²) in [5.41, 5.74) is 6.81. The van der Waals surface area contributed by atoms with Gasteiger partial charge in [-0.15, -0.1) is 0 Å². The molecule has 19 heavy (non-hydrogen) atoms. The Bertz CT molecular complexity index is 422. The lowest BCUT2D eigenvalue weighted by atomic mass is 9.76. The van der Waals surface area contributed by atoms with Gasteiger partial charge in [0.05, 0.1) is 12.3 Å². The number of nitrogens with zero attached hydrogens (tertiary/aromatic N) is 1. The molecule has 0 aliphatic heterocycles. The molecule has 0 radical (unpaired) electrons. The summed E-state index contributed by atoms with van der Waals surface area (Å²) in [6.07, 6.45) is 4.83. The fourth-order valence-corrected chi connectivity index (χ4v) is 2.41. The molecule has 1 fully saturated rings. The number of hydrogen-bond donors (Lipinski definition) is 1. The maximum Gasteiger partial charge on any atom is 0.240 e. The zero-order chi connectivity index (χ0) is 13.9. The van der Waals surface area contributed by atoms with E-state index in [4.69, 9.17) is 15.2 Å². The Morgan fingerprint density at radius 1 is 1.32 bits per heavy atom. The molecule has 0 aromatic carbocycles. The standard InChI is InChI=1S/C15H24N2O2/c1-4-18-14-12(16)5-6-13(17-14)19-11-7-9-15(2,3)10-8-11/h5-6,11H,4,7-10,16H2,1-3H3. The summed E-state index contributed by atoms with van der Waals surface area (Å²) < 4.78 is 11.3. The van der Waals surface area contributed by atoms with Crippen LogP contribution in [0.15, 0.2) is 12.1 Å². The average molecular weight is 264 g/mol. The van der Waals surface area contributed by atoms with Crippen LogP contribution in [0.2, 0.25) is 0 Å². The average Bonchev–Trinajstić information content (AvgIpc) is 2.36. The van der Waals surface area contributed by atoms with Crippen LogP contribution in [0.25, 0.3) is 0 Å². The number of aromatic nitrogens is 1. The lowest BCUT2D eigenvalue weighted by Gasteiger charge is -2.34. The minimum Gasteiger partial charge on any atom is -0.476 e. The summed E-state index contributed by atoms with van der Waals surface area (Å²) in [4.78, 5) is 4.32. The molecule has 1 aliphatic carbocycles. The van der Waals surface area contributed by atoms with E-state index in [2.05, 4.69) is 18.8 Å². The first-order valence-corrected chi connectivity index (χ1v) is 7.06. The molecule has 4 heteroatoms. The zero-order valence-corrected chi connectivity index (χ0v) is 12.1. The number of nitrogens with two attached hydrogens (primary N) is 1. The molecule has 1 aromatic heterocycles. The molecule has 0 bridgehead atoms. The molecule has 106 valence electrons. The Morgan fingerprint density at radius 2 is 2.00 bits per heavy atom. The van der Waals surface area contributed by atoms with Crippen LogP contribution < -0.4 is 15.2 Å². The largest absolute Gasteiger partial charge is 0.476 e. The van der Waals surface area contributed by atoms with Gasteiger partial charge < -0.3 is 15.2 Å². The first-order chi connectivity index (χ1) is 9.00. The van der Waals surface area contributed by atoms with Crippen LogP contribution >= 0.6 is 0 Å². The predicted molar refractivity (Wildman–Crippen MR) is 76.5 cm³/mol. The topological polar surface area (TPSA) is 57.4 Å². The van der Waals surface area contributed by atoms with E-state index < -0.39 is 0 Å². The maximum absolute atomic E-state index is 5.94. The smallest absolute Gasteiger partial charge is 0.240 e. The van der Waals surface area contributed by atoms with Gasteiger partial charge in [-0.25, -0.2) is 0 Å². The first-order valence-electron chi connectivity index (χ1n) is 7.06. The molecule has 4 nitrogen and oxygen atoms in total. The van der Waals surface area contributed by atoms with Gasteiger partial charge in [0.15, 0.2) is 0 Å². The highest BCUT2D eigenvalue weighted by Crippen LogP contribution is 2.36. The van der Waals surface area contributed by atoms with E-state index in [1.54, 1.807) is 6.07 Å². The number of hydrogen-bond acceptors (Lipinski definition) is 4. The third-order valence-corrected chi connectivity index (χ3v) is 3.72. The van der Waals surface area contributed by atoms with Crippen LogP contribution in [0.4, 0.5) is 5.69 Å². The van der Waals surface area contributed by atoms with Gasteiger partial charge in [-0.3, -0.25) is 0 Å². The van der Waals surface area contributed by atoms with Gasteiger partial charge >= 0.3 is 0 Å². The molecule has 2 N–H and O–H groups in total. The van der Waals surface area contributed by atoms with Crippen molar-refractivity contribution in [2.24, 2.45) is 5.41 Å². The first kappa shape index (κ1) is 14.0. The molecule has 1 aliphatic rings. The summed E-state index contributed by atoms with van der Waals surface area (Å²) >= 11 is 0. The van der Waals surface area contributed by atoms with Crippen molar-refractivity contribution in [2.45, 2.75) is 52.6 Å². The van der Waals surface area contributed by atoms with Crippen molar-refractivity contribution in [1.82, 2.24) is 4.98 Å². The molecule has 2 rings (SSSR count). The van der Waals surface area contributed by atoms with Gasteiger partial charge in [0, 0.05) is 6.07 Å². The van der Waals surface area contributed by atoms with E-state index in [1.807, 2.05) is 13.0 Å². The predicted octanol–water partition coefficient (Wildman–Crippen LogP) is 3.41. The van der Waals surface area contributed by atoms with Gasteiger partial charge in [0.25, 0.3) is 0 Å². The van der Waals surface area contributed by atoms with Crippen LogP contribution in [0.3, 0.4) is 0 Å². The number of anilines is 1.